The normalized spacial score (nSPS) is 12.7. The van der Waals surface area contributed by atoms with Crippen LogP contribution in [0.2, 0.25) is 0 Å². The van der Waals surface area contributed by atoms with Crippen LogP contribution in [0.5, 0.6) is 0 Å². The minimum absolute atomic E-state index is 0.0337. The van der Waals surface area contributed by atoms with E-state index in [1.165, 1.54) is 14.2 Å². The maximum absolute atomic E-state index is 12.0. The third kappa shape index (κ3) is 3.66. The van der Waals surface area contributed by atoms with Crippen LogP contribution in [0.3, 0.4) is 0 Å². The van der Waals surface area contributed by atoms with Gasteiger partial charge in [0.1, 0.15) is 0 Å². The van der Waals surface area contributed by atoms with E-state index >= 15 is 0 Å². The first-order valence-corrected chi connectivity index (χ1v) is 6.67. The Kier molecular flexibility index (Phi) is 5.35. The molecule has 1 aromatic carbocycles. The summed E-state index contributed by atoms with van der Waals surface area (Å²) in [6, 6.07) is 9.63. The van der Waals surface area contributed by atoms with Crippen LogP contribution in [0.1, 0.15) is 12.0 Å². The molecule has 0 aromatic heterocycles. The summed E-state index contributed by atoms with van der Waals surface area (Å²) in [6.45, 7) is 0. The molecule has 0 saturated heterocycles. The molecule has 17 heavy (non-hydrogen) atoms. The fourth-order valence-corrected chi connectivity index (χ4v) is 2.49. The second kappa shape index (κ2) is 6.55. The van der Waals surface area contributed by atoms with Gasteiger partial charge in [-0.15, -0.1) is 0 Å². The molecule has 6 heteroatoms. The van der Waals surface area contributed by atoms with Crippen molar-refractivity contribution in [3.63, 3.8) is 0 Å². The molecule has 0 aliphatic rings. The lowest BCUT2D eigenvalue weighted by molar-refractivity contribution is 0.282. The maximum atomic E-state index is 12.0. The van der Waals surface area contributed by atoms with Crippen LogP contribution in [-0.4, -0.2) is 24.9 Å². The fourth-order valence-electron chi connectivity index (χ4n) is 1.43. The highest BCUT2D eigenvalue weighted by atomic mass is 31.2. The van der Waals surface area contributed by atoms with E-state index < -0.39 is 7.60 Å². The Morgan fingerprint density at radius 1 is 1.29 bits per heavy atom. The monoisotopic (exact) mass is 257 g/mol. The summed E-state index contributed by atoms with van der Waals surface area (Å²) in [5, 5.41) is 11.9. The Bertz CT molecular complexity index is 411. The van der Waals surface area contributed by atoms with Crippen LogP contribution in [0.25, 0.3) is 0 Å². The van der Waals surface area contributed by atoms with E-state index in [4.69, 9.17) is 14.3 Å². The summed E-state index contributed by atoms with van der Waals surface area (Å²) in [5.41, 5.74) is 1.10. The summed E-state index contributed by atoms with van der Waals surface area (Å²) in [4.78, 5) is 0. The van der Waals surface area contributed by atoms with Crippen LogP contribution < -0.4 is 0 Å². The smallest absolute Gasteiger partial charge is 0.378 e. The molecule has 0 aliphatic heterocycles. The Balaban J connectivity index is 2.70. The van der Waals surface area contributed by atoms with Crippen molar-refractivity contribution >= 4 is 13.0 Å². The van der Waals surface area contributed by atoms with Gasteiger partial charge in [-0.3, -0.25) is 4.57 Å². The predicted molar refractivity (Wildman–Crippen MR) is 65.6 cm³/mol. The third-order valence-corrected chi connectivity index (χ3v) is 4.30. The van der Waals surface area contributed by atoms with Gasteiger partial charge in [0.15, 0.2) is 5.45 Å². The molecule has 0 atom stereocenters. The summed E-state index contributed by atoms with van der Waals surface area (Å²) in [6.07, 6.45) is 0.927. The van der Waals surface area contributed by atoms with Gasteiger partial charge in [0, 0.05) is 20.6 Å². The van der Waals surface area contributed by atoms with E-state index in [0.29, 0.717) is 12.8 Å². The van der Waals surface area contributed by atoms with Crippen LogP contribution >= 0.6 is 7.60 Å². The number of nitrogens with zero attached hydrogens (tertiary/aromatic N) is 1. The van der Waals surface area contributed by atoms with Crippen molar-refractivity contribution in [2.45, 2.75) is 12.8 Å². The van der Waals surface area contributed by atoms with Crippen molar-refractivity contribution < 1.29 is 18.8 Å². The van der Waals surface area contributed by atoms with Gasteiger partial charge >= 0.3 is 7.60 Å². The minimum Gasteiger partial charge on any atom is -0.410 e. The van der Waals surface area contributed by atoms with E-state index in [1.807, 2.05) is 30.3 Å². The van der Waals surface area contributed by atoms with Gasteiger partial charge in [0.25, 0.3) is 0 Å². The molecule has 1 N–H and O–H groups in total. The van der Waals surface area contributed by atoms with E-state index in [-0.39, 0.29) is 5.45 Å². The second-order valence-electron chi connectivity index (χ2n) is 3.36. The van der Waals surface area contributed by atoms with Crippen molar-refractivity contribution in [2.75, 3.05) is 14.2 Å². The number of benzene rings is 1. The molecule has 0 spiro atoms. The molecule has 0 saturated carbocycles. The molecular weight excluding hydrogens is 241 g/mol. The molecule has 0 fully saturated rings. The Morgan fingerprint density at radius 2 is 1.88 bits per heavy atom. The van der Waals surface area contributed by atoms with Crippen LogP contribution in [0.4, 0.5) is 0 Å². The molecular formula is C11H16NO4P. The van der Waals surface area contributed by atoms with Crippen LogP contribution in [0, 0.1) is 0 Å². The van der Waals surface area contributed by atoms with Crippen molar-refractivity contribution in [3.8, 4) is 0 Å². The lowest BCUT2D eigenvalue weighted by Crippen LogP contribution is -2.05. The molecule has 0 heterocycles. The van der Waals surface area contributed by atoms with Gasteiger partial charge in [-0.1, -0.05) is 35.5 Å². The summed E-state index contributed by atoms with van der Waals surface area (Å²) < 4.78 is 21.5. The highest BCUT2D eigenvalue weighted by molar-refractivity contribution is 7.72. The highest BCUT2D eigenvalue weighted by Crippen LogP contribution is 2.49. The van der Waals surface area contributed by atoms with E-state index in [0.717, 1.165) is 5.56 Å². The third-order valence-electron chi connectivity index (χ3n) is 2.39. The first kappa shape index (κ1) is 13.9. The first-order chi connectivity index (χ1) is 8.16. The molecule has 1 aromatic rings. The number of aryl methyl sites for hydroxylation is 1. The summed E-state index contributed by atoms with van der Waals surface area (Å²) in [5.74, 6) is 0. The molecule has 0 bridgehead atoms. The average molecular weight is 257 g/mol. The quantitative estimate of drug-likeness (QED) is 0.368. The summed E-state index contributed by atoms with van der Waals surface area (Å²) >= 11 is 0. The lowest BCUT2D eigenvalue weighted by Gasteiger charge is -2.14. The van der Waals surface area contributed by atoms with Gasteiger partial charge in [-0.05, 0) is 12.0 Å². The summed E-state index contributed by atoms with van der Waals surface area (Å²) in [7, 11) is -0.904. The number of oxime groups is 1. The largest absolute Gasteiger partial charge is 0.410 e. The zero-order valence-electron chi connectivity index (χ0n) is 9.87. The Labute approximate surface area is 101 Å². The van der Waals surface area contributed by atoms with Crippen molar-refractivity contribution in [2.24, 2.45) is 5.16 Å². The maximum Gasteiger partial charge on any atom is 0.378 e. The van der Waals surface area contributed by atoms with Crippen molar-refractivity contribution in [3.05, 3.63) is 35.9 Å². The van der Waals surface area contributed by atoms with Gasteiger partial charge in [-0.25, -0.2) is 0 Å². The standard InChI is InChI=1S/C11H16NO4P/c1-15-17(14,16-2)11(12-13)9-8-10-6-4-3-5-7-10/h3-7,13H,8-9H2,1-2H3/b12-11+. The molecule has 0 radical (unpaired) electrons. The molecule has 0 amide bonds. The zero-order chi connectivity index (χ0) is 12.7. The number of rotatable bonds is 6. The zero-order valence-corrected chi connectivity index (χ0v) is 10.8. The van der Waals surface area contributed by atoms with Crippen LogP contribution in [-0.2, 0) is 20.0 Å². The predicted octanol–water partition coefficient (Wildman–Crippen LogP) is 2.89. The molecule has 94 valence electrons. The lowest BCUT2D eigenvalue weighted by atomic mass is 10.1. The Morgan fingerprint density at radius 3 is 2.35 bits per heavy atom. The number of hydrogen-bond donors (Lipinski definition) is 1. The Hall–Kier alpha value is -1.16. The fraction of sp³-hybridized carbons (Fsp3) is 0.364. The second-order valence-corrected chi connectivity index (χ2v) is 5.61. The highest BCUT2D eigenvalue weighted by Gasteiger charge is 2.29. The van der Waals surface area contributed by atoms with Gasteiger partial charge in [-0.2, -0.15) is 0 Å². The molecule has 5 nitrogen and oxygen atoms in total. The molecule has 0 unspecified atom stereocenters. The van der Waals surface area contributed by atoms with Gasteiger partial charge in [0.05, 0.1) is 0 Å². The van der Waals surface area contributed by atoms with E-state index in [2.05, 4.69) is 5.16 Å². The molecule has 0 aliphatic carbocycles. The molecule has 1 rings (SSSR count). The SMILES string of the molecule is COP(=O)(OC)/C(CCc1ccccc1)=N/O. The van der Waals surface area contributed by atoms with Crippen molar-refractivity contribution in [1.29, 1.82) is 0 Å². The van der Waals surface area contributed by atoms with E-state index in [1.54, 1.807) is 0 Å². The topological polar surface area (TPSA) is 68.1 Å². The average Bonchev–Trinajstić information content (AvgIpc) is 2.40. The van der Waals surface area contributed by atoms with Crippen LogP contribution in [0.15, 0.2) is 35.5 Å². The van der Waals surface area contributed by atoms with Gasteiger partial charge < -0.3 is 14.3 Å². The number of hydrogen-bond acceptors (Lipinski definition) is 5. The van der Waals surface area contributed by atoms with Gasteiger partial charge in [0.2, 0.25) is 0 Å². The first-order valence-electron chi connectivity index (χ1n) is 5.13. The van der Waals surface area contributed by atoms with Crippen molar-refractivity contribution in [1.82, 2.24) is 0 Å². The van der Waals surface area contributed by atoms with E-state index in [9.17, 15) is 4.57 Å². The minimum atomic E-state index is -3.43.